The van der Waals surface area contributed by atoms with E-state index in [-0.39, 0.29) is 11.5 Å². The van der Waals surface area contributed by atoms with Gasteiger partial charge in [0.05, 0.1) is 6.54 Å². The van der Waals surface area contributed by atoms with Gasteiger partial charge in [0.2, 0.25) is 0 Å². The smallest absolute Gasteiger partial charge is 0.176 e. The number of Topliss-reactive ketones (excluding diaryl/α,β-unsaturated/α-hetero) is 1. The lowest BCUT2D eigenvalue weighted by atomic mass is 10.00. The number of ketones is 1. The molecule has 0 amide bonds. The number of carbonyl (C=O) groups excluding carboxylic acids is 1. The molecule has 0 saturated heterocycles. The molecule has 0 bridgehead atoms. The molecule has 1 aliphatic heterocycles. The minimum Gasteiger partial charge on any atom is -0.508 e. The van der Waals surface area contributed by atoms with Crippen molar-refractivity contribution >= 4 is 5.78 Å². The highest BCUT2D eigenvalue weighted by Gasteiger charge is 2.15. The van der Waals surface area contributed by atoms with Crippen molar-refractivity contribution in [3.05, 3.63) is 29.3 Å². The lowest BCUT2D eigenvalue weighted by Gasteiger charge is -2.15. The maximum absolute atomic E-state index is 11.3. The van der Waals surface area contributed by atoms with Crippen molar-refractivity contribution in [1.29, 1.82) is 0 Å². The summed E-state index contributed by atoms with van der Waals surface area (Å²) < 4.78 is 0. The van der Waals surface area contributed by atoms with Crippen molar-refractivity contribution in [3.8, 4) is 5.75 Å². The highest BCUT2D eigenvalue weighted by molar-refractivity contribution is 5.99. The van der Waals surface area contributed by atoms with Gasteiger partial charge in [-0.15, -0.1) is 0 Å². The Balaban J connectivity index is 2.53. The molecule has 62 valence electrons. The third kappa shape index (κ3) is 1.08. The van der Waals surface area contributed by atoms with E-state index in [9.17, 15) is 4.79 Å². The van der Waals surface area contributed by atoms with Crippen LogP contribution in [0, 0.1) is 0 Å². The molecule has 1 aromatic rings. The van der Waals surface area contributed by atoms with Gasteiger partial charge in [0, 0.05) is 12.1 Å². The first-order valence-corrected chi connectivity index (χ1v) is 3.83. The summed E-state index contributed by atoms with van der Waals surface area (Å²) in [5, 5.41) is 12.1. The molecule has 3 heteroatoms. The Morgan fingerprint density at radius 3 is 3.00 bits per heavy atom. The molecule has 0 aliphatic carbocycles. The Labute approximate surface area is 70.0 Å². The second-order valence-electron chi connectivity index (χ2n) is 2.87. The number of phenols is 1. The Morgan fingerprint density at radius 1 is 1.33 bits per heavy atom. The van der Waals surface area contributed by atoms with Gasteiger partial charge in [-0.05, 0) is 23.8 Å². The number of rotatable bonds is 0. The molecular formula is C9H9NO2. The minimum absolute atomic E-state index is 0.0938. The van der Waals surface area contributed by atoms with Crippen LogP contribution in [0.25, 0.3) is 0 Å². The zero-order valence-corrected chi connectivity index (χ0v) is 6.50. The maximum Gasteiger partial charge on any atom is 0.176 e. The van der Waals surface area contributed by atoms with E-state index in [2.05, 4.69) is 5.32 Å². The molecule has 12 heavy (non-hydrogen) atoms. The Hall–Kier alpha value is -1.35. The second-order valence-corrected chi connectivity index (χ2v) is 2.87. The first-order valence-electron chi connectivity index (χ1n) is 3.83. The van der Waals surface area contributed by atoms with Crippen LogP contribution in [0.2, 0.25) is 0 Å². The molecule has 0 saturated carbocycles. The molecule has 0 fully saturated rings. The normalized spacial score (nSPS) is 15.8. The van der Waals surface area contributed by atoms with Crippen LogP contribution in [0.5, 0.6) is 5.75 Å². The average molecular weight is 163 g/mol. The average Bonchev–Trinajstić information content (AvgIpc) is 2.04. The van der Waals surface area contributed by atoms with Crippen LogP contribution < -0.4 is 5.32 Å². The van der Waals surface area contributed by atoms with Crippen molar-refractivity contribution in [2.75, 3.05) is 6.54 Å². The van der Waals surface area contributed by atoms with Crippen LogP contribution in [0.4, 0.5) is 0 Å². The van der Waals surface area contributed by atoms with Crippen LogP contribution in [0.3, 0.4) is 0 Å². The highest BCUT2D eigenvalue weighted by Crippen LogP contribution is 2.18. The first kappa shape index (κ1) is 7.31. The fourth-order valence-corrected chi connectivity index (χ4v) is 1.40. The fraction of sp³-hybridized carbons (Fsp3) is 0.222. The molecule has 2 rings (SSSR count). The van der Waals surface area contributed by atoms with Crippen molar-refractivity contribution in [3.63, 3.8) is 0 Å². The number of nitrogens with one attached hydrogen (secondary N) is 1. The van der Waals surface area contributed by atoms with E-state index >= 15 is 0 Å². The monoisotopic (exact) mass is 163 g/mol. The number of phenolic OH excluding ortho intramolecular Hbond substituents is 1. The predicted octanol–water partition coefficient (Wildman–Crippen LogP) is 0.678. The SMILES string of the molecule is O=C1CNCc2cc(O)ccc21. The molecule has 2 N–H and O–H groups in total. The summed E-state index contributed by atoms with van der Waals surface area (Å²) in [6.07, 6.45) is 0. The van der Waals surface area contributed by atoms with Crippen LogP contribution in [-0.4, -0.2) is 17.4 Å². The van der Waals surface area contributed by atoms with Gasteiger partial charge in [-0.3, -0.25) is 4.79 Å². The van der Waals surface area contributed by atoms with E-state index in [0.717, 1.165) is 11.1 Å². The van der Waals surface area contributed by atoms with Crippen molar-refractivity contribution in [1.82, 2.24) is 5.32 Å². The van der Waals surface area contributed by atoms with Crippen molar-refractivity contribution in [2.45, 2.75) is 6.54 Å². The van der Waals surface area contributed by atoms with E-state index < -0.39 is 0 Å². The first-order chi connectivity index (χ1) is 5.77. The van der Waals surface area contributed by atoms with Crippen molar-refractivity contribution in [2.24, 2.45) is 0 Å². The molecular weight excluding hydrogens is 154 g/mol. The topological polar surface area (TPSA) is 49.3 Å². The molecule has 0 atom stereocenters. The van der Waals surface area contributed by atoms with Gasteiger partial charge in [0.25, 0.3) is 0 Å². The molecule has 0 unspecified atom stereocenters. The molecule has 0 radical (unpaired) electrons. The van der Waals surface area contributed by atoms with Gasteiger partial charge in [-0.25, -0.2) is 0 Å². The summed E-state index contributed by atoms with van der Waals surface area (Å²) >= 11 is 0. The number of carbonyl (C=O) groups is 1. The van der Waals surface area contributed by atoms with Gasteiger partial charge < -0.3 is 10.4 Å². The maximum atomic E-state index is 11.3. The minimum atomic E-state index is 0.0938. The number of fused-ring (bicyclic) bond motifs is 1. The van der Waals surface area contributed by atoms with Gasteiger partial charge in [0.1, 0.15) is 5.75 Å². The van der Waals surface area contributed by atoms with E-state index in [1.807, 2.05) is 0 Å². The van der Waals surface area contributed by atoms with E-state index in [0.29, 0.717) is 13.1 Å². The van der Waals surface area contributed by atoms with E-state index in [1.165, 1.54) is 0 Å². The molecule has 1 heterocycles. The molecule has 1 aliphatic rings. The summed E-state index contributed by atoms with van der Waals surface area (Å²) in [6.45, 7) is 1.06. The number of hydrogen-bond acceptors (Lipinski definition) is 3. The number of hydrogen-bond donors (Lipinski definition) is 2. The second kappa shape index (κ2) is 2.60. The fourth-order valence-electron chi connectivity index (χ4n) is 1.40. The lowest BCUT2D eigenvalue weighted by molar-refractivity contribution is 0.0982. The van der Waals surface area contributed by atoms with E-state index in [1.54, 1.807) is 18.2 Å². The van der Waals surface area contributed by atoms with Gasteiger partial charge in [-0.1, -0.05) is 0 Å². The number of aromatic hydroxyl groups is 1. The zero-order valence-electron chi connectivity index (χ0n) is 6.50. The summed E-state index contributed by atoms with van der Waals surface area (Å²) in [6, 6.07) is 4.84. The molecule has 0 spiro atoms. The Morgan fingerprint density at radius 2 is 2.17 bits per heavy atom. The van der Waals surface area contributed by atoms with Crippen LogP contribution in [0.15, 0.2) is 18.2 Å². The van der Waals surface area contributed by atoms with Crippen LogP contribution in [-0.2, 0) is 6.54 Å². The van der Waals surface area contributed by atoms with Crippen LogP contribution in [0.1, 0.15) is 15.9 Å². The largest absolute Gasteiger partial charge is 0.508 e. The molecule has 1 aromatic carbocycles. The Kier molecular flexibility index (Phi) is 1.59. The van der Waals surface area contributed by atoms with E-state index in [4.69, 9.17) is 5.11 Å². The summed E-state index contributed by atoms with van der Waals surface area (Å²) in [4.78, 5) is 11.3. The Bertz CT molecular complexity index is 333. The predicted molar refractivity (Wildman–Crippen MR) is 44.1 cm³/mol. The van der Waals surface area contributed by atoms with Crippen LogP contribution >= 0.6 is 0 Å². The summed E-state index contributed by atoms with van der Waals surface area (Å²) in [7, 11) is 0. The zero-order chi connectivity index (χ0) is 8.55. The summed E-state index contributed by atoms with van der Waals surface area (Å²) in [5.41, 5.74) is 1.61. The molecule has 0 aromatic heterocycles. The third-order valence-electron chi connectivity index (χ3n) is 1.99. The lowest BCUT2D eigenvalue weighted by Crippen LogP contribution is -2.29. The standard InChI is InChI=1S/C9H9NO2/c11-7-1-2-8-6(3-7)4-10-5-9(8)12/h1-3,10-11H,4-5H2. The van der Waals surface area contributed by atoms with Crippen molar-refractivity contribution < 1.29 is 9.90 Å². The van der Waals surface area contributed by atoms with Gasteiger partial charge in [0.15, 0.2) is 5.78 Å². The summed E-state index contributed by atoms with van der Waals surface area (Å²) in [5.74, 6) is 0.307. The highest BCUT2D eigenvalue weighted by atomic mass is 16.3. The third-order valence-corrected chi connectivity index (χ3v) is 1.99. The van der Waals surface area contributed by atoms with Gasteiger partial charge >= 0.3 is 0 Å². The number of benzene rings is 1. The quantitative estimate of drug-likeness (QED) is 0.591. The van der Waals surface area contributed by atoms with Gasteiger partial charge in [-0.2, -0.15) is 0 Å². The molecule has 3 nitrogen and oxygen atoms in total.